The van der Waals surface area contributed by atoms with Gasteiger partial charge in [0.05, 0.1) is 17.5 Å². The second kappa shape index (κ2) is 7.57. The fourth-order valence-electron chi connectivity index (χ4n) is 3.36. The number of ether oxygens (including phenoxy) is 1. The number of aryl methyl sites for hydroxylation is 1. The molecular weight excluding hydrogens is 377 g/mol. The lowest BCUT2D eigenvalue weighted by Crippen LogP contribution is -2.29. The van der Waals surface area contributed by atoms with Gasteiger partial charge in [-0.05, 0) is 38.0 Å². The van der Waals surface area contributed by atoms with Crippen LogP contribution in [0.25, 0.3) is 5.65 Å². The highest BCUT2D eigenvalue weighted by Gasteiger charge is 2.38. The van der Waals surface area contributed by atoms with E-state index in [1.54, 1.807) is 12.3 Å². The van der Waals surface area contributed by atoms with E-state index < -0.39 is 18.0 Å². The quantitative estimate of drug-likeness (QED) is 0.592. The molecule has 0 N–H and O–H groups in total. The first-order valence-corrected chi connectivity index (χ1v) is 9.45. The van der Waals surface area contributed by atoms with Gasteiger partial charge in [-0.1, -0.05) is 13.3 Å². The van der Waals surface area contributed by atoms with E-state index in [9.17, 15) is 14.0 Å². The summed E-state index contributed by atoms with van der Waals surface area (Å²) in [7, 11) is 0. The molecule has 1 saturated heterocycles. The van der Waals surface area contributed by atoms with Crippen molar-refractivity contribution in [2.45, 2.75) is 39.2 Å². The van der Waals surface area contributed by atoms with Gasteiger partial charge in [0.25, 0.3) is 0 Å². The highest BCUT2D eigenvalue weighted by atomic mass is 19.1. The highest BCUT2D eigenvalue weighted by Crippen LogP contribution is 2.32. The van der Waals surface area contributed by atoms with Crippen LogP contribution in [-0.2, 0) is 11.2 Å². The van der Waals surface area contributed by atoms with Crippen LogP contribution in [0.4, 0.5) is 15.0 Å². The van der Waals surface area contributed by atoms with Gasteiger partial charge < -0.3 is 4.74 Å². The number of pyridine rings is 1. The molecule has 3 aromatic heterocycles. The maximum atomic E-state index is 14.2. The van der Waals surface area contributed by atoms with E-state index in [2.05, 4.69) is 22.0 Å². The second-order valence-corrected chi connectivity index (χ2v) is 6.94. The van der Waals surface area contributed by atoms with Crippen molar-refractivity contribution in [2.24, 2.45) is 0 Å². The molecule has 0 aliphatic carbocycles. The van der Waals surface area contributed by atoms with E-state index in [0.29, 0.717) is 29.0 Å². The molecule has 1 aliphatic heterocycles. The Morgan fingerprint density at radius 2 is 2.17 bits per heavy atom. The predicted molar refractivity (Wildman–Crippen MR) is 102 cm³/mol. The van der Waals surface area contributed by atoms with E-state index >= 15 is 0 Å². The van der Waals surface area contributed by atoms with Gasteiger partial charge in [-0.25, -0.2) is 23.6 Å². The monoisotopic (exact) mass is 397 g/mol. The van der Waals surface area contributed by atoms with Crippen molar-refractivity contribution in [3.8, 4) is 0 Å². The Labute approximate surface area is 166 Å². The Kier molecular flexibility index (Phi) is 4.96. The van der Waals surface area contributed by atoms with Gasteiger partial charge in [-0.2, -0.15) is 5.10 Å². The number of amides is 1. The topological polar surface area (TPSA) is 89.7 Å². The van der Waals surface area contributed by atoms with E-state index in [1.807, 2.05) is 0 Å². The summed E-state index contributed by atoms with van der Waals surface area (Å²) in [5, 5.41) is 4.09. The number of hydrogen-bond donors (Lipinski definition) is 0. The summed E-state index contributed by atoms with van der Waals surface area (Å²) in [5.41, 5.74) is 1.73. The van der Waals surface area contributed by atoms with Crippen molar-refractivity contribution >= 4 is 23.3 Å². The molecule has 8 nitrogen and oxygen atoms in total. The zero-order valence-corrected chi connectivity index (χ0v) is 16.1. The van der Waals surface area contributed by atoms with Crippen LogP contribution < -0.4 is 4.90 Å². The standard InChI is InChI=1S/C20H20FN5O3/c1-3-4-5-14-8-13(21)9-16(23-14)17-11-29-20(28)26(17)18-6-7-25-19(24-18)15(10-22-25)12(2)27/h6-10,17H,3-5,11H2,1-2H3/t17-/m1/s1. The fourth-order valence-corrected chi connectivity index (χ4v) is 3.36. The van der Waals surface area contributed by atoms with E-state index in [0.717, 1.165) is 12.8 Å². The number of hydrogen-bond acceptors (Lipinski definition) is 6. The number of carbonyl (C=O) groups excluding carboxylic acids is 2. The van der Waals surface area contributed by atoms with Gasteiger partial charge in [0.1, 0.15) is 24.3 Å². The van der Waals surface area contributed by atoms with Gasteiger partial charge in [-0.3, -0.25) is 9.78 Å². The molecule has 0 saturated carbocycles. The van der Waals surface area contributed by atoms with Crippen molar-refractivity contribution in [3.05, 3.63) is 53.4 Å². The third-order valence-electron chi connectivity index (χ3n) is 4.84. The first-order valence-electron chi connectivity index (χ1n) is 9.45. The Morgan fingerprint density at radius 3 is 2.93 bits per heavy atom. The summed E-state index contributed by atoms with van der Waals surface area (Å²) < 4.78 is 20.9. The molecule has 0 spiro atoms. The number of ketones is 1. The number of rotatable bonds is 6. The Bertz CT molecular complexity index is 1100. The highest BCUT2D eigenvalue weighted by molar-refractivity contribution is 6.00. The number of Topliss-reactive ketones (excluding diaryl/α,β-unsaturated/α-hetero) is 1. The van der Waals surface area contributed by atoms with Crippen molar-refractivity contribution < 1.29 is 18.7 Å². The van der Waals surface area contributed by atoms with E-state index in [4.69, 9.17) is 4.74 Å². The summed E-state index contributed by atoms with van der Waals surface area (Å²) in [4.78, 5) is 34.6. The van der Waals surface area contributed by atoms with Gasteiger partial charge in [0.2, 0.25) is 0 Å². The maximum Gasteiger partial charge on any atom is 0.416 e. The van der Waals surface area contributed by atoms with Crippen molar-refractivity contribution in [3.63, 3.8) is 0 Å². The lowest BCUT2D eigenvalue weighted by molar-refractivity contribution is 0.101. The molecule has 29 heavy (non-hydrogen) atoms. The van der Waals surface area contributed by atoms with Gasteiger partial charge >= 0.3 is 6.09 Å². The minimum Gasteiger partial charge on any atom is -0.446 e. The number of nitrogens with zero attached hydrogens (tertiary/aromatic N) is 5. The largest absolute Gasteiger partial charge is 0.446 e. The summed E-state index contributed by atoms with van der Waals surface area (Å²) >= 11 is 0. The Morgan fingerprint density at radius 1 is 1.34 bits per heavy atom. The lowest BCUT2D eigenvalue weighted by Gasteiger charge is -2.20. The molecule has 4 rings (SSSR count). The van der Waals surface area contributed by atoms with Crippen LogP contribution in [0.3, 0.4) is 0 Å². The predicted octanol–water partition coefficient (Wildman–Crippen LogP) is 3.51. The Balaban J connectivity index is 1.74. The minimum absolute atomic E-state index is 0.0359. The normalized spacial score (nSPS) is 16.4. The molecule has 1 amide bonds. The number of fused-ring (bicyclic) bond motifs is 1. The first-order chi connectivity index (χ1) is 14.0. The van der Waals surface area contributed by atoms with Crippen molar-refractivity contribution in [1.29, 1.82) is 0 Å². The van der Waals surface area contributed by atoms with Crippen LogP contribution in [0.2, 0.25) is 0 Å². The zero-order valence-electron chi connectivity index (χ0n) is 16.1. The number of carbonyl (C=O) groups is 2. The number of anilines is 1. The average molecular weight is 397 g/mol. The molecule has 4 heterocycles. The van der Waals surface area contributed by atoms with E-state index in [-0.39, 0.29) is 18.2 Å². The van der Waals surface area contributed by atoms with Gasteiger partial charge in [0.15, 0.2) is 11.4 Å². The van der Waals surface area contributed by atoms with Crippen LogP contribution in [0, 0.1) is 5.82 Å². The minimum atomic E-state index is -0.614. The van der Waals surface area contributed by atoms with Crippen molar-refractivity contribution in [2.75, 3.05) is 11.5 Å². The lowest BCUT2D eigenvalue weighted by atomic mass is 10.1. The molecule has 0 bridgehead atoms. The smallest absolute Gasteiger partial charge is 0.416 e. The number of cyclic esters (lactones) is 1. The summed E-state index contributed by atoms with van der Waals surface area (Å²) in [6.45, 7) is 3.51. The van der Waals surface area contributed by atoms with E-state index in [1.165, 1.54) is 34.7 Å². The zero-order chi connectivity index (χ0) is 20.5. The van der Waals surface area contributed by atoms with Crippen molar-refractivity contribution in [1.82, 2.24) is 19.6 Å². The third-order valence-corrected chi connectivity index (χ3v) is 4.84. The molecule has 0 aromatic carbocycles. The molecule has 1 fully saturated rings. The number of unbranched alkanes of at least 4 members (excludes halogenated alkanes) is 1. The fraction of sp³-hybridized carbons (Fsp3) is 0.350. The molecule has 1 atom stereocenters. The second-order valence-electron chi connectivity index (χ2n) is 6.94. The molecule has 0 unspecified atom stereocenters. The van der Waals surface area contributed by atoms with Crippen LogP contribution in [-0.4, -0.2) is 38.1 Å². The molecular formula is C20H20FN5O3. The number of halogens is 1. The van der Waals surface area contributed by atoms with Gasteiger partial charge in [-0.15, -0.1) is 0 Å². The summed E-state index contributed by atoms with van der Waals surface area (Å²) in [5.74, 6) is -0.301. The maximum absolute atomic E-state index is 14.2. The summed E-state index contributed by atoms with van der Waals surface area (Å²) in [6.07, 6.45) is 4.97. The van der Waals surface area contributed by atoms with Crippen LogP contribution in [0.1, 0.15) is 54.5 Å². The van der Waals surface area contributed by atoms with Crippen LogP contribution in [0.15, 0.2) is 30.6 Å². The molecule has 9 heteroatoms. The molecule has 3 aromatic rings. The van der Waals surface area contributed by atoms with Crippen LogP contribution in [0.5, 0.6) is 0 Å². The third kappa shape index (κ3) is 3.55. The molecule has 1 aliphatic rings. The summed E-state index contributed by atoms with van der Waals surface area (Å²) in [6, 6.07) is 3.71. The molecule has 150 valence electrons. The SMILES string of the molecule is CCCCc1cc(F)cc([C@H]2COC(=O)N2c2ccn3ncc(C(C)=O)c3n2)n1. The Hall–Kier alpha value is -3.36. The number of aromatic nitrogens is 4. The van der Waals surface area contributed by atoms with Gasteiger partial charge in [0, 0.05) is 11.9 Å². The molecule has 0 radical (unpaired) electrons. The van der Waals surface area contributed by atoms with Crippen LogP contribution >= 0.6 is 0 Å². The first kappa shape index (κ1) is 19.0. The average Bonchev–Trinajstić information content (AvgIpc) is 3.28.